The van der Waals surface area contributed by atoms with Gasteiger partial charge in [0.25, 0.3) is 5.91 Å². The Labute approximate surface area is 399 Å². The summed E-state index contributed by atoms with van der Waals surface area (Å²) in [6.45, 7) is 7.88. The summed E-state index contributed by atoms with van der Waals surface area (Å²) < 4.78 is 41.4. The highest BCUT2D eigenvalue weighted by atomic mass is 16.6. The summed E-state index contributed by atoms with van der Waals surface area (Å²) in [7, 11) is 1.42. The number of carbonyl (C=O) groups is 7. The largest absolute Gasteiger partial charge is 0.463 e. The number of hydrogen-bond acceptors (Lipinski definition) is 16. The van der Waals surface area contributed by atoms with Gasteiger partial charge in [-0.3, -0.25) is 28.8 Å². The van der Waals surface area contributed by atoms with E-state index in [-0.39, 0.29) is 48.5 Å². The van der Waals surface area contributed by atoms with E-state index >= 15 is 9.59 Å². The van der Waals surface area contributed by atoms with Gasteiger partial charge < -0.3 is 48.7 Å². The lowest BCUT2D eigenvalue weighted by Gasteiger charge is -2.67. The summed E-state index contributed by atoms with van der Waals surface area (Å²) in [4.78, 5) is 99.1. The molecule has 1 amide bonds. The molecular formula is C52H59NO16. The predicted molar refractivity (Wildman–Crippen MR) is 243 cm³/mol. The van der Waals surface area contributed by atoms with Crippen LogP contribution in [0, 0.1) is 22.7 Å². The van der Waals surface area contributed by atoms with Gasteiger partial charge in [0.15, 0.2) is 17.5 Å². The van der Waals surface area contributed by atoms with E-state index in [9.17, 15) is 34.2 Å². The van der Waals surface area contributed by atoms with E-state index in [1.165, 1.54) is 33.1 Å². The fourth-order valence-electron chi connectivity index (χ4n) is 11.0. The van der Waals surface area contributed by atoms with Crippen LogP contribution in [0.2, 0.25) is 0 Å². The van der Waals surface area contributed by atoms with Gasteiger partial charge in [0, 0.05) is 44.8 Å². The van der Waals surface area contributed by atoms with E-state index in [4.69, 9.17) is 33.2 Å². The molecule has 368 valence electrons. The van der Waals surface area contributed by atoms with Gasteiger partial charge in [-0.25, -0.2) is 4.79 Å². The first-order valence-corrected chi connectivity index (χ1v) is 22.9. The normalized spacial score (nSPS) is 29.7. The van der Waals surface area contributed by atoms with E-state index in [2.05, 4.69) is 5.32 Å². The van der Waals surface area contributed by atoms with E-state index in [0.29, 0.717) is 5.56 Å². The molecule has 1 saturated heterocycles. The number of amides is 1. The van der Waals surface area contributed by atoms with E-state index in [1.54, 1.807) is 92.7 Å². The number of aliphatic hydroxyl groups is 2. The van der Waals surface area contributed by atoms with Crippen LogP contribution in [-0.2, 0) is 57.1 Å². The lowest BCUT2D eigenvalue weighted by molar-refractivity contribution is -0.346. The molecule has 3 aliphatic carbocycles. The van der Waals surface area contributed by atoms with Crippen LogP contribution >= 0.6 is 0 Å². The SMILES string of the molecule is COCCOC(=O)CC(C(=O)OC1C[C@@]2(O)[C@@H](OC(=O)c3ccccc3)[C@@H]3[C@]4(OC(C)=O)CO[C@@H]4C[C@H](O)[C@@]3(C)C(=O)[C@H](OC(C)=O)C(=C1C)C2(C)C)C(NC(=O)c1ccccc1)c1ccccc1. The molecule has 7 rings (SSSR count). The zero-order valence-electron chi connectivity index (χ0n) is 39.6. The van der Waals surface area contributed by atoms with Crippen LogP contribution in [0.3, 0.4) is 0 Å². The van der Waals surface area contributed by atoms with Crippen LogP contribution in [0.25, 0.3) is 0 Å². The number of fused-ring (bicyclic) bond motifs is 5. The highest BCUT2D eigenvalue weighted by Gasteiger charge is 2.78. The van der Waals surface area contributed by atoms with Crippen LogP contribution in [0.5, 0.6) is 0 Å². The maximum Gasteiger partial charge on any atom is 0.338 e. The number of aliphatic hydroxyl groups excluding tert-OH is 1. The monoisotopic (exact) mass is 953 g/mol. The number of hydrogen-bond donors (Lipinski definition) is 3. The maximum atomic E-state index is 15.7. The Hall–Kier alpha value is -6.27. The molecule has 3 fully saturated rings. The summed E-state index contributed by atoms with van der Waals surface area (Å²) in [5.41, 5.74) is -7.11. The van der Waals surface area contributed by atoms with Crippen molar-refractivity contribution in [1.29, 1.82) is 0 Å². The molecule has 1 aliphatic heterocycles. The fourth-order valence-corrected chi connectivity index (χ4v) is 11.0. The molecular weight excluding hydrogens is 895 g/mol. The molecule has 3 aromatic rings. The first-order chi connectivity index (χ1) is 32.7. The Bertz CT molecular complexity index is 2480. The van der Waals surface area contributed by atoms with Crippen LogP contribution in [-0.4, -0.2) is 120 Å². The Morgan fingerprint density at radius 1 is 0.826 bits per heavy atom. The Kier molecular flexibility index (Phi) is 14.7. The highest BCUT2D eigenvalue weighted by Crippen LogP contribution is 2.64. The lowest BCUT2D eigenvalue weighted by atomic mass is 9.44. The number of ether oxygens (including phenoxy) is 7. The maximum absolute atomic E-state index is 15.7. The van der Waals surface area contributed by atoms with Gasteiger partial charge in [0.05, 0.1) is 54.6 Å². The van der Waals surface area contributed by atoms with Crippen molar-refractivity contribution in [2.45, 2.75) is 109 Å². The second kappa shape index (κ2) is 20.0. The van der Waals surface area contributed by atoms with Crippen molar-refractivity contribution in [3.63, 3.8) is 0 Å². The Morgan fingerprint density at radius 2 is 1.43 bits per heavy atom. The third-order valence-corrected chi connectivity index (χ3v) is 14.6. The number of Topliss-reactive ketones (excluding diaryl/α,β-unsaturated/α-hetero) is 1. The second-order valence-electron chi connectivity index (χ2n) is 18.9. The number of benzene rings is 3. The predicted octanol–water partition coefficient (Wildman–Crippen LogP) is 4.57. The number of methoxy groups -OCH3 is 1. The minimum Gasteiger partial charge on any atom is -0.463 e. The van der Waals surface area contributed by atoms with Gasteiger partial charge in [0.1, 0.15) is 30.5 Å². The minimum absolute atomic E-state index is 0.0112. The van der Waals surface area contributed by atoms with Gasteiger partial charge in [-0.15, -0.1) is 0 Å². The van der Waals surface area contributed by atoms with Gasteiger partial charge in [0.2, 0.25) is 0 Å². The van der Waals surface area contributed by atoms with E-state index < -0.39 is 125 Å². The third kappa shape index (κ3) is 9.32. The molecule has 3 aromatic carbocycles. The van der Waals surface area contributed by atoms with Crippen molar-refractivity contribution in [2.24, 2.45) is 22.7 Å². The molecule has 3 N–H and O–H groups in total. The molecule has 3 unspecified atom stereocenters. The first kappa shape index (κ1) is 50.6. The average Bonchev–Trinajstić information content (AvgIpc) is 3.31. The molecule has 69 heavy (non-hydrogen) atoms. The zero-order chi connectivity index (χ0) is 50.1. The topological polar surface area (TPSA) is 237 Å². The quantitative estimate of drug-likeness (QED) is 0.0819. The van der Waals surface area contributed by atoms with Crippen molar-refractivity contribution in [1.82, 2.24) is 5.32 Å². The zero-order valence-corrected chi connectivity index (χ0v) is 39.6. The van der Waals surface area contributed by atoms with Crippen molar-refractivity contribution in [3.05, 3.63) is 119 Å². The van der Waals surface area contributed by atoms with E-state index in [1.807, 2.05) is 0 Å². The van der Waals surface area contributed by atoms with Crippen LogP contribution in [0.4, 0.5) is 0 Å². The molecule has 11 atom stereocenters. The standard InChI is InChI=1S/C52H59NO16/c1-29-36(67-48(61)35(25-39(57)64-24-23-63-7)41(32-17-11-8-12-18-32)53-46(59)33-19-13-9-14-20-33)27-52(62)45(68-47(60)34-21-15-10-16-22-34)43-50(6,37(56)26-38-51(43,28-65-38)69-31(3)55)44(58)42(66-30(2)54)40(29)49(52,4)5/h8-22,35-38,41-43,45,56,62H,23-28H2,1-7H3,(H,53,59)/t35?,36?,37-,38+,41?,42+,43-,45-,50+,51-,52+/m0/s1. The smallest absolute Gasteiger partial charge is 0.338 e. The molecule has 0 radical (unpaired) electrons. The van der Waals surface area contributed by atoms with E-state index in [0.717, 1.165) is 13.8 Å². The number of carbonyl (C=O) groups excluding carboxylic acids is 7. The number of rotatable bonds is 15. The highest BCUT2D eigenvalue weighted by molar-refractivity contribution is 5.96. The molecule has 2 bridgehead atoms. The van der Waals surface area contributed by atoms with Crippen molar-refractivity contribution in [3.8, 4) is 0 Å². The summed E-state index contributed by atoms with van der Waals surface area (Å²) >= 11 is 0. The van der Waals surface area contributed by atoms with Crippen molar-refractivity contribution in [2.75, 3.05) is 26.9 Å². The minimum atomic E-state index is -2.43. The summed E-state index contributed by atoms with van der Waals surface area (Å²) in [6, 6.07) is 23.3. The molecule has 2 saturated carbocycles. The lowest BCUT2D eigenvalue weighted by Crippen LogP contribution is -2.82. The molecule has 1 heterocycles. The molecule has 4 aliphatic rings. The molecule has 0 spiro atoms. The average molecular weight is 954 g/mol. The fraction of sp³-hybridized carbons (Fsp3) is 0.481. The number of esters is 5. The van der Waals surface area contributed by atoms with Gasteiger partial charge >= 0.3 is 29.8 Å². The number of ketones is 1. The van der Waals surface area contributed by atoms with Gasteiger partial charge in [-0.05, 0) is 54.8 Å². The molecule has 0 aromatic heterocycles. The Balaban J connectivity index is 1.42. The summed E-state index contributed by atoms with van der Waals surface area (Å²) in [5, 5.41) is 29.0. The van der Waals surface area contributed by atoms with Crippen LogP contribution in [0.15, 0.2) is 102 Å². The molecule has 17 nitrogen and oxygen atoms in total. The van der Waals surface area contributed by atoms with Crippen molar-refractivity contribution >= 4 is 41.5 Å². The van der Waals surface area contributed by atoms with Crippen LogP contribution in [0.1, 0.15) is 93.1 Å². The first-order valence-electron chi connectivity index (χ1n) is 22.9. The van der Waals surface area contributed by atoms with Crippen molar-refractivity contribution < 1.29 is 76.9 Å². The van der Waals surface area contributed by atoms with Gasteiger partial charge in [-0.2, -0.15) is 0 Å². The van der Waals surface area contributed by atoms with Gasteiger partial charge in [-0.1, -0.05) is 80.6 Å². The summed E-state index contributed by atoms with van der Waals surface area (Å²) in [5.74, 6) is -9.04. The number of nitrogens with one attached hydrogen (secondary N) is 1. The molecule has 17 heteroatoms. The third-order valence-electron chi connectivity index (χ3n) is 14.6. The summed E-state index contributed by atoms with van der Waals surface area (Å²) in [6.07, 6.45) is -9.26. The second-order valence-corrected chi connectivity index (χ2v) is 18.9. The Morgan fingerprint density at radius 3 is 2.00 bits per heavy atom. The van der Waals surface area contributed by atoms with Crippen LogP contribution < -0.4 is 5.32 Å².